The molecule has 10 aromatic carbocycles. The zero-order chi connectivity index (χ0) is 50.7. The molecule has 3 nitrogen and oxygen atoms in total. The standard InChI is InChI=1S/C71H57N3S/c1-70(2,3)64-28-16-17-29-65(64)71(4)42-40-56(41-43-71)72(53-22-10-6-11-23-53)58-44-52(45-59(47-58)73(54-24-12-7-13-25-54)57-37-39-69-63(48-57)61-27-15-19-31-68(61)75-69)51-34-38-67-62(46-51)60-26-14-18-30-66(60)74(67)55-35-32-50(33-36-55)49-20-8-5-9-21-49/h5-42,44-48H,43H2,1-4H3. The zero-order valence-corrected chi connectivity index (χ0v) is 43.6. The first-order valence-electron chi connectivity index (χ1n) is 26.1. The summed E-state index contributed by atoms with van der Waals surface area (Å²) in [5, 5.41) is 4.98. The van der Waals surface area contributed by atoms with Crippen LogP contribution in [0.1, 0.15) is 45.2 Å². The minimum Gasteiger partial charge on any atom is -0.311 e. The number of anilines is 5. The van der Waals surface area contributed by atoms with Gasteiger partial charge in [-0.3, -0.25) is 0 Å². The van der Waals surface area contributed by atoms with Crippen molar-refractivity contribution in [2.24, 2.45) is 0 Å². The molecule has 0 amide bonds. The molecule has 1 aliphatic rings. The van der Waals surface area contributed by atoms with Crippen LogP contribution in [0.15, 0.2) is 267 Å². The van der Waals surface area contributed by atoms with E-state index >= 15 is 0 Å². The fraction of sp³-hybridized carbons (Fsp3) is 0.0986. The second-order valence-electron chi connectivity index (χ2n) is 21.2. The number of thiophene rings is 1. The van der Waals surface area contributed by atoms with Gasteiger partial charge in [-0.15, -0.1) is 11.3 Å². The Bertz CT molecular complexity index is 4140. The molecule has 13 rings (SSSR count). The molecular weight excluding hydrogens is 927 g/mol. The smallest absolute Gasteiger partial charge is 0.0541 e. The van der Waals surface area contributed by atoms with Crippen molar-refractivity contribution < 1.29 is 0 Å². The maximum Gasteiger partial charge on any atom is 0.0541 e. The van der Waals surface area contributed by atoms with Crippen molar-refractivity contribution in [2.45, 2.75) is 44.9 Å². The Morgan fingerprint density at radius 1 is 0.427 bits per heavy atom. The number of fused-ring (bicyclic) bond motifs is 6. The number of hydrogen-bond donors (Lipinski definition) is 0. The van der Waals surface area contributed by atoms with Crippen LogP contribution < -0.4 is 9.80 Å². The monoisotopic (exact) mass is 983 g/mol. The van der Waals surface area contributed by atoms with Crippen molar-refractivity contribution >= 4 is 81.8 Å². The zero-order valence-electron chi connectivity index (χ0n) is 42.8. The van der Waals surface area contributed by atoms with E-state index in [0.29, 0.717) is 0 Å². The number of para-hydroxylation sites is 3. The molecule has 1 atom stereocenters. The highest BCUT2D eigenvalue weighted by Crippen LogP contribution is 2.47. The van der Waals surface area contributed by atoms with E-state index < -0.39 is 0 Å². The van der Waals surface area contributed by atoms with Crippen LogP contribution in [-0.4, -0.2) is 4.57 Å². The summed E-state index contributed by atoms with van der Waals surface area (Å²) >= 11 is 1.86. The highest BCUT2D eigenvalue weighted by molar-refractivity contribution is 7.25. The van der Waals surface area contributed by atoms with Crippen LogP contribution in [0, 0.1) is 0 Å². The number of hydrogen-bond acceptors (Lipinski definition) is 3. The minimum atomic E-state index is -0.171. The van der Waals surface area contributed by atoms with E-state index in [1.165, 1.54) is 64.2 Å². The topological polar surface area (TPSA) is 11.4 Å². The van der Waals surface area contributed by atoms with Gasteiger partial charge in [0.1, 0.15) is 0 Å². The fourth-order valence-corrected chi connectivity index (χ4v) is 12.6. The van der Waals surface area contributed by atoms with Crippen LogP contribution >= 0.6 is 11.3 Å². The molecular formula is C71H57N3S. The van der Waals surface area contributed by atoms with E-state index in [4.69, 9.17) is 0 Å². The third kappa shape index (κ3) is 8.42. The number of benzene rings is 10. The molecule has 1 unspecified atom stereocenters. The van der Waals surface area contributed by atoms with Crippen LogP contribution in [0.2, 0.25) is 0 Å². The third-order valence-corrected chi connectivity index (χ3v) is 16.4. The third-order valence-electron chi connectivity index (χ3n) is 15.3. The summed E-state index contributed by atoms with van der Waals surface area (Å²) < 4.78 is 5.00. The number of allylic oxidation sites excluding steroid dienone is 3. The summed E-state index contributed by atoms with van der Waals surface area (Å²) in [5.41, 5.74) is 17.4. The van der Waals surface area contributed by atoms with Crippen LogP contribution in [0.3, 0.4) is 0 Å². The minimum absolute atomic E-state index is 0.0160. The molecule has 0 saturated carbocycles. The predicted molar refractivity (Wildman–Crippen MR) is 322 cm³/mol. The summed E-state index contributed by atoms with van der Waals surface area (Å²) in [4.78, 5) is 4.90. The first-order chi connectivity index (χ1) is 36.7. The Morgan fingerprint density at radius 2 is 1.01 bits per heavy atom. The van der Waals surface area contributed by atoms with Gasteiger partial charge in [0.05, 0.1) is 11.0 Å². The maximum atomic E-state index is 2.46. The quantitative estimate of drug-likeness (QED) is 0.135. The van der Waals surface area contributed by atoms with Gasteiger partial charge in [-0.1, -0.05) is 185 Å². The lowest BCUT2D eigenvalue weighted by Gasteiger charge is -2.37. The molecule has 0 fully saturated rings. The molecule has 2 aromatic heterocycles. The molecule has 362 valence electrons. The van der Waals surface area contributed by atoms with Gasteiger partial charge in [0.2, 0.25) is 0 Å². The average molecular weight is 984 g/mol. The average Bonchev–Trinajstić information content (AvgIpc) is 4.00. The fourth-order valence-electron chi connectivity index (χ4n) is 11.5. The molecule has 12 aromatic rings. The van der Waals surface area contributed by atoms with E-state index in [0.717, 1.165) is 57.4 Å². The van der Waals surface area contributed by atoms with E-state index in [-0.39, 0.29) is 10.8 Å². The van der Waals surface area contributed by atoms with Gasteiger partial charge < -0.3 is 14.4 Å². The van der Waals surface area contributed by atoms with E-state index in [1.54, 1.807) is 0 Å². The van der Waals surface area contributed by atoms with Crippen molar-refractivity contribution in [1.29, 1.82) is 0 Å². The Labute approximate surface area is 444 Å². The van der Waals surface area contributed by atoms with Crippen LogP contribution in [0.25, 0.3) is 69.9 Å². The molecule has 0 N–H and O–H groups in total. The number of aromatic nitrogens is 1. The van der Waals surface area contributed by atoms with Gasteiger partial charge in [0, 0.05) is 76.2 Å². The maximum absolute atomic E-state index is 2.46. The van der Waals surface area contributed by atoms with Crippen LogP contribution in [-0.2, 0) is 10.8 Å². The molecule has 0 aliphatic heterocycles. The van der Waals surface area contributed by atoms with E-state index in [1.807, 2.05) is 11.3 Å². The lowest BCUT2D eigenvalue weighted by Crippen LogP contribution is -2.28. The van der Waals surface area contributed by atoms with Gasteiger partial charge in [0.25, 0.3) is 0 Å². The first kappa shape index (κ1) is 46.1. The Morgan fingerprint density at radius 3 is 1.73 bits per heavy atom. The van der Waals surface area contributed by atoms with Crippen molar-refractivity contribution in [3.8, 4) is 27.9 Å². The van der Waals surface area contributed by atoms with Crippen LogP contribution in [0.4, 0.5) is 28.4 Å². The van der Waals surface area contributed by atoms with Gasteiger partial charge in [-0.2, -0.15) is 0 Å². The summed E-state index contributed by atoms with van der Waals surface area (Å²) in [6.07, 6.45) is 8.13. The molecule has 0 radical (unpaired) electrons. The van der Waals surface area contributed by atoms with Crippen molar-refractivity contribution in [3.63, 3.8) is 0 Å². The molecule has 0 bridgehead atoms. The van der Waals surface area contributed by atoms with Gasteiger partial charge in [-0.25, -0.2) is 0 Å². The molecule has 2 heterocycles. The summed E-state index contributed by atoms with van der Waals surface area (Å²) in [6.45, 7) is 9.37. The summed E-state index contributed by atoms with van der Waals surface area (Å²) in [5.74, 6) is 0. The molecule has 4 heteroatoms. The van der Waals surface area contributed by atoms with Crippen molar-refractivity contribution in [3.05, 3.63) is 278 Å². The van der Waals surface area contributed by atoms with Gasteiger partial charge in [-0.05, 0) is 148 Å². The lowest BCUT2D eigenvalue weighted by molar-refractivity contribution is 0.534. The Hall–Kier alpha value is -8.70. The summed E-state index contributed by atoms with van der Waals surface area (Å²) in [7, 11) is 0. The summed E-state index contributed by atoms with van der Waals surface area (Å²) in [6, 6.07) is 89.2. The SMILES string of the molecule is CC(C)(C)c1ccccc1C1(C)C=CC(N(c2ccccc2)c2cc(-c3ccc4c(c3)c3ccccc3n4-c3ccc(-c4ccccc4)cc3)cc(N(c3ccccc3)c3ccc4sc5ccccc5c4c3)c2)=CC1. The van der Waals surface area contributed by atoms with Crippen molar-refractivity contribution in [2.75, 3.05) is 9.80 Å². The Balaban J connectivity index is 1.01. The first-order valence-corrected chi connectivity index (χ1v) is 26.9. The Kier molecular flexibility index (Phi) is 11.5. The highest BCUT2D eigenvalue weighted by atomic mass is 32.1. The van der Waals surface area contributed by atoms with Gasteiger partial charge in [0.15, 0.2) is 0 Å². The van der Waals surface area contributed by atoms with E-state index in [9.17, 15) is 0 Å². The number of rotatable bonds is 10. The van der Waals surface area contributed by atoms with Crippen molar-refractivity contribution in [1.82, 2.24) is 4.57 Å². The highest BCUT2D eigenvalue weighted by Gasteiger charge is 2.32. The molecule has 0 spiro atoms. The number of nitrogens with zero attached hydrogens (tertiary/aromatic N) is 3. The molecule has 0 saturated heterocycles. The van der Waals surface area contributed by atoms with Crippen LogP contribution in [0.5, 0.6) is 0 Å². The second kappa shape index (κ2) is 18.7. The molecule has 1 aliphatic carbocycles. The predicted octanol–water partition coefficient (Wildman–Crippen LogP) is 20.2. The largest absolute Gasteiger partial charge is 0.311 e. The normalized spacial score (nSPS) is 14.7. The second-order valence-corrected chi connectivity index (χ2v) is 22.3. The molecule has 75 heavy (non-hydrogen) atoms. The van der Waals surface area contributed by atoms with Gasteiger partial charge >= 0.3 is 0 Å². The van der Waals surface area contributed by atoms with E-state index in [2.05, 4.69) is 303 Å². The lowest BCUT2D eigenvalue weighted by atomic mass is 9.70.